The third-order valence-corrected chi connectivity index (χ3v) is 8.94. The molecule has 1 aliphatic rings. The summed E-state index contributed by atoms with van der Waals surface area (Å²) >= 11 is 12.3. The van der Waals surface area contributed by atoms with Gasteiger partial charge in [0, 0.05) is 23.6 Å². The molecule has 0 spiro atoms. The Morgan fingerprint density at radius 1 is 0.723 bits per heavy atom. The summed E-state index contributed by atoms with van der Waals surface area (Å²) in [7, 11) is 3.85. The van der Waals surface area contributed by atoms with Gasteiger partial charge in [0.2, 0.25) is 5.52 Å². The van der Waals surface area contributed by atoms with Crippen LogP contribution in [0.2, 0.25) is 10.0 Å². The van der Waals surface area contributed by atoms with Crippen LogP contribution in [0.4, 0.5) is 0 Å². The number of esters is 3. The van der Waals surface area contributed by atoms with Gasteiger partial charge in [0.1, 0.15) is 5.57 Å². The van der Waals surface area contributed by atoms with Gasteiger partial charge in [-0.2, -0.15) is 4.57 Å². The molecule has 4 aromatic carbocycles. The normalized spacial score (nSPS) is 13.9. The van der Waals surface area contributed by atoms with Crippen LogP contribution in [-0.4, -0.2) is 39.2 Å². The number of hydrogen-bond acceptors (Lipinski definition) is 6. The molecule has 234 valence electrons. The smallest absolute Gasteiger partial charge is 0.404 e. The van der Waals surface area contributed by atoms with Crippen molar-refractivity contribution in [1.82, 2.24) is 0 Å². The van der Waals surface area contributed by atoms with Crippen LogP contribution in [0, 0.1) is 0 Å². The number of carbonyl (C=O) groups is 3. The summed E-state index contributed by atoms with van der Waals surface area (Å²) in [5, 5.41) is 1.71. The van der Waals surface area contributed by atoms with Gasteiger partial charge in [-0.1, -0.05) is 90.0 Å². The van der Waals surface area contributed by atoms with E-state index in [1.807, 2.05) is 78.9 Å². The van der Waals surface area contributed by atoms with Crippen LogP contribution in [0.1, 0.15) is 38.5 Å². The highest BCUT2D eigenvalue weighted by molar-refractivity contribution is 6.42. The third-order valence-electron chi connectivity index (χ3n) is 8.20. The van der Waals surface area contributed by atoms with Crippen molar-refractivity contribution in [2.24, 2.45) is 0 Å². The largest absolute Gasteiger partial charge is 0.465 e. The number of nitrogens with zero attached hydrogens (tertiary/aromatic N) is 1. The van der Waals surface area contributed by atoms with Gasteiger partial charge in [-0.25, -0.2) is 14.4 Å². The quantitative estimate of drug-likeness (QED) is 0.0765. The lowest BCUT2D eigenvalue weighted by atomic mass is 9.87. The summed E-state index contributed by atoms with van der Waals surface area (Å²) in [5.74, 6) is -2.75. The number of fused-ring (bicyclic) bond motifs is 4. The molecule has 5 aromatic rings. The molecule has 0 fully saturated rings. The van der Waals surface area contributed by atoms with Crippen molar-refractivity contribution in [2.45, 2.75) is 5.92 Å². The second-order valence-corrected chi connectivity index (χ2v) is 11.5. The van der Waals surface area contributed by atoms with Crippen molar-refractivity contribution in [3.05, 3.63) is 141 Å². The Kier molecular flexibility index (Phi) is 8.94. The first-order valence-electron chi connectivity index (χ1n) is 14.6. The first-order valence-corrected chi connectivity index (χ1v) is 15.3. The molecule has 0 N–H and O–H groups in total. The standard InChI is InChI=1S/C38H28Cl2NO6/c1-45-36(42)28-13-8-12-27-32(28)25-10-4-5-11-26(25)33(27)34(37(43)46-2)35(38(44)47-3)41-20-19-23(24-9-6-7-14-31(24)41)17-15-22-16-18-29(39)30(40)21-22/h4-21,33H,1-3H3/q+1/b17-15+,35-34-. The lowest BCUT2D eigenvalue weighted by Crippen LogP contribution is -2.40. The number of methoxy groups -OCH3 is 3. The number of benzene rings is 4. The second-order valence-electron chi connectivity index (χ2n) is 10.7. The van der Waals surface area contributed by atoms with E-state index in [1.165, 1.54) is 21.3 Å². The van der Waals surface area contributed by atoms with Crippen molar-refractivity contribution >= 4 is 69.9 Å². The minimum atomic E-state index is -0.771. The molecule has 47 heavy (non-hydrogen) atoms. The highest BCUT2D eigenvalue weighted by Gasteiger charge is 2.44. The van der Waals surface area contributed by atoms with E-state index in [2.05, 4.69) is 0 Å². The maximum Gasteiger partial charge on any atom is 0.404 e. The minimum Gasteiger partial charge on any atom is -0.465 e. The molecular weight excluding hydrogens is 637 g/mol. The van der Waals surface area contributed by atoms with Gasteiger partial charge < -0.3 is 14.2 Å². The number of ether oxygens (including phenoxy) is 3. The van der Waals surface area contributed by atoms with Gasteiger partial charge in [-0.05, 0) is 52.1 Å². The summed E-state index contributed by atoms with van der Waals surface area (Å²) in [5.41, 5.74) is 5.49. The maximum atomic E-state index is 13.9. The lowest BCUT2D eigenvalue weighted by Gasteiger charge is -2.18. The molecule has 1 aromatic heterocycles. The fourth-order valence-electron chi connectivity index (χ4n) is 6.14. The van der Waals surface area contributed by atoms with Crippen LogP contribution in [0.3, 0.4) is 0 Å². The van der Waals surface area contributed by atoms with Crippen LogP contribution < -0.4 is 4.57 Å². The van der Waals surface area contributed by atoms with Crippen LogP contribution in [0.5, 0.6) is 0 Å². The van der Waals surface area contributed by atoms with Crippen LogP contribution in [0.25, 0.3) is 39.9 Å². The minimum absolute atomic E-state index is 0.0216. The van der Waals surface area contributed by atoms with E-state index in [0.29, 0.717) is 32.3 Å². The highest BCUT2D eigenvalue weighted by Crippen LogP contribution is 2.50. The number of rotatable bonds is 7. The SMILES string of the molecule is COC(=O)/C(=C(/C(=O)OC)[n+]1ccc(/C=C/c2ccc(Cl)c(Cl)c2)c2ccccc21)C1c2ccccc2-c2c(C(=O)OC)cccc21. The van der Waals surface area contributed by atoms with Gasteiger partial charge in [0.05, 0.1) is 42.3 Å². The Morgan fingerprint density at radius 3 is 2.19 bits per heavy atom. The zero-order valence-electron chi connectivity index (χ0n) is 25.6. The van der Waals surface area contributed by atoms with Gasteiger partial charge in [0.15, 0.2) is 6.20 Å². The summed E-state index contributed by atoms with van der Waals surface area (Å²) in [6, 6.07) is 27.4. The number of aromatic nitrogens is 1. The van der Waals surface area contributed by atoms with Gasteiger partial charge in [0.25, 0.3) is 0 Å². The van der Waals surface area contributed by atoms with E-state index >= 15 is 0 Å². The molecule has 0 saturated carbocycles. The molecule has 9 heteroatoms. The van der Waals surface area contributed by atoms with Crippen molar-refractivity contribution < 1.29 is 33.2 Å². The average molecular weight is 666 g/mol. The fraction of sp³-hybridized carbons (Fsp3) is 0.105. The Labute approximate surface area is 281 Å². The predicted octanol–water partition coefficient (Wildman–Crippen LogP) is 7.76. The molecule has 1 heterocycles. The van der Waals surface area contributed by atoms with Crippen molar-refractivity contribution in [1.29, 1.82) is 0 Å². The molecule has 0 radical (unpaired) electrons. The van der Waals surface area contributed by atoms with E-state index in [4.69, 9.17) is 37.4 Å². The first kappa shape index (κ1) is 31.7. The number of hydrogen-bond donors (Lipinski definition) is 0. The molecule has 0 bridgehead atoms. The van der Waals surface area contributed by atoms with Crippen LogP contribution in [-0.2, 0) is 23.8 Å². The molecule has 6 rings (SSSR count). The third kappa shape index (κ3) is 5.69. The highest BCUT2D eigenvalue weighted by atomic mass is 35.5. The van der Waals surface area contributed by atoms with Gasteiger partial charge in [-0.3, -0.25) is 0 Å². The Hall–Kier alpha value is -5.24. The predicted molar refractivity (Wildman–Crippen MR) is 182 cm³/mol. The first-order chi connectivity index (χ1) is 22.8. The number of pyridine rings is 1. The molecule has 1 aliphatic carbocycles. The number of para-hydroxylation sites is 1. The van der Waals surface area contributed by atoms with E-state index in [1.54, 1.807) is 35.0 Å². The summed E-state index contributed by atoms with van der Waals surface area (Å²) in [4.78, 5) is 40.7. The zero-order chi connectivity index (χ0) is 33.2. The number of halogens is 2. The monoisotopic (exact) mass is 664 g/mol. The van der Waals surface area contributed by atoms with E-state index < -0.39 is 23.8 Å². The Bertz CT molecular complexity index is 2150. The topological polar surface area (TPSA) is 82.8 Å². The molecule has 0 aliphatic heterocycles. The summed E-state index contributed by atoms with van der Waals surface area (Å²) < 4.78 is 17.4. The lowest BCUT2D eigenvalue weighted by molar-refractivity contribution is -0.550. The molecule has 0 saturated heterocycles. The molecular formula is C38H28Cl2NO6+. The molecule has 1 atom stereocenters. The van der Waals surface area contributed by atoms with E-state index in [9.17, 15) is 14.4 Å². The van der Waals surface area contributed by atoms with Crippen molar-refractivity contribution in [3.63, 3.8) is 0 Å². The fourth-order valence-corrected chi connectivity index (χ4v) is 6.44. The summed E-state index contributed by atoms with van der Waals surface area (Å²) in [6.45, 7) is 0. The molecule has 0 amide bonds. The maximum absolute atomic E-state index is 13.9. The van der Waals surface area contributed by atoms with E-state index in [-0.39, 0.29) is 11.3 Å². The Balaban J connectivity index is 1.62. The van der Waals surface area contributed by atoms with Crippen LogP contribution in [0.15, 0.2) is 103 Å². The molecule has 7 nitrogen and oxygen atoms in total. The number of carbonyl (C=O) groups excluding carboxylic acids is 3. The second kappa shape index (κ2) is 13.2. The summed E-state index contributed by atoms with van der Waals surface area (Å²) in [6.07, 6.45) is 5.57. The van der Waals surface area contributed by atoms with Crippen molar-refractivity contribution in [3.8, 4) is 11.1 Å². The van der Waals surface area contributed by atoms with E-state index in [0.717, 1.165) is 27.6 Å². The molecule has 1 unspecified atom stereocenters. The van der Waals surface area contributed by atoms with Crippen LogP contribution >= 0.6 is 23.2 Å². The average Bonchev–Trinajstić information content (AvgIpc) is 3.44. The van der Waals surface area contributed by atoms with Gasteiger partial charge >= 0.3 is 23.6 Å². The Morgan fingerprint density at radius 2 is 1.45 bits per heavy atom. The van der Waals surface area contributed by atoms with Gasteiger partial charge in [-0.15, -0.1) is 0 Å². The van der Waals surface area contributed by atoms with Crippen molar-refractivity contribution in [2.75, 3.05) is 21.3 Å². The zero-order valence-corrected chi connectivity index (χ0v) is 27.1.